The maximum Gasteiger partial charge on any atom is 0.237 e. The number of amides is 1. The summed E-state index contributed by atoms with van der Waals surface area (Å²) < 4.78 is 0. The first-order chi connectivity index (χ1) is 16.0. The van der Waals surface area contributed by atoms with E-state index in [9.17, 15) is 4.79 Å². The Balaban J connectivity index is 1.55. The maximum atomic E-state index is 13.8. The number of halogens is 1. The molecule has 3 nitrogen and oxygen atoms in total. The van der Waals surface area contributed by atoms with E-state index in [2.05, 4.69) is 41.3 Å². The third kappa shape index (κ3) is 5.15. The van der Waals surface area contributed by atoms with Crippen molar-refractivity contribution < 1.29 is 4.79 Å². The van der Waals surface area contributed by atoms with E-state index in [0.29, 0.717) is 5.92 Å². The van der Waals surface area contributed by atoms with E-state index in [1.165, 1.54) is 5.56 Å². The van der Waals surface area contributed by atoms with Crippen LogP contribution in [0.15, 0.2) is 84.9 Å². The number of piperidine rings is 1. The van der Waals surface area contributed by atoms with Crippen molar-refractivity contribution in [3.63, 3.8) is 0 Å². The Morgan fingerprint density at radius 2 is 1.39 bits per heavy atom. The molecule has 33 heavy (non-hydrogen) atoms. The van der Waals surface area contributed by atoms with Crippen molar-refractivity contribution in [2.24, 2.45) is 0 Å². The zero-order valence-corrected chi connectivity index (χ0v) is 20.3. The average molecular weight is 461 g/mol. The quantitative estimate of drug-likeness (QED) is 0.432. The van der Waals surface area contributed by atoms with Gasteiger partial charge in [0.05, 0.1) is 0 Å². The number of likely N-dealkylation sites (tertiary alicyclic amines) is 1. The largest absolute Gasteiger partial charge is 0.348 e. The summed E-state index contributed by atoms with van der Waals surface area (Å²) in [4.78, 5) is 18.1. The number of benzene rings is 3. The van der Waals surface area contributed by atoms with Crippen LogP contribution in [-0.4, -0.2) is 49.4 Å². The molecule has 1 saturated heterocycles. The van der Waals surface area contributed by atoms with Crippen LogP contribution < -0.4 is 0 Å². The molecule has 0 atom stereocenters. The van der Waals surface area contributed by atoms with Crippen LogP contribution in [0.3, 0.4) is 0 Å². The highest BCUT2D eigenvalue weighted by molar-refractivity contribution is 6.30. The molecule has 1 amide bonds. The van der Waals surface area contributed by atoms with Gasteiger partial charge in [0.25, 0.3) is 0 Å². The minimum Gasteiger partial charge on any atom is -0.348 e. The molecule has 1 fully saturated rings. The van der Waals surface area contributed by atoms with Gasteiger partial charge in [-0.3, -0.25) is 4.79 Å². The van der Waals surface area contributed by atoms with Gasteiger partial charge >= 0.3 is 0 Å². The first kappa shape index (κ1) is 23.5. The predicted molar refractivity (Wildman–Crippen MR) is 137 cm³/mol. The normalized spacial score (nSPS) is 15.4. The Morgan fingerprint density at radius 1 is 0.879 bits per heavy atom. The summed E-state index contributed by atoms with van der Waals surface area (Å²) in [5.41, 5.74) is 2.81. The van der Waals surface area contributed by atoms with Crippen molar-refractivity contribution in [3.8, 4) is 0 Å². The summed E-state index contributed by atoms with van der Waals surface area (Å²) in [5.74, 6) is 0.714. The van der Waals surface area contributed by atoms with E-state index in [4.69, 9.17) is 11.6 Å². The zero-order valence-electron chi connectivity index (χ0n) is 19.6. The van der Waals surface area contributed by atoms with Gasteiger partial charge in [0.2, 0.25) is 5.91 Å². The van der Waals surface area contributed by atoms with Gasteiger partial charge in [-0.05, 0) is 73.6 Å². The van der Waals surface area contributed by atoms with E-state index < -0.39 is 5.41 Å². The van der Waals surface area contributed by atoms with Gasteiger partial charge in [-0.1, -0.05) is 84.4 Å². The fourth-order valence-corrected chi connectivity index (χ4v) is 5.31. The molecule has 1 aliphatic heterocycles. The molecule has 4 rings (SSSR count). The second-order valence-corrected chi connectivity index (χ2v) is 9.69. The van der Waals surface area contributed by atoms with Gasteiger partial charge in [-0.15, -0.1) is 0 Å². The number of nitrogens with zero attached hydrogens (tertiary/aromatic N) is 2. The number of hydrogen-bond acceptors (Lipinski definition) is 2. The van der Waals surface area contributed by atoms with Crippen molar-refractivity contribution in [2.75, 3.05) is 33.7 Å². The highest BCUT2D eigenvalue weighted by atomic mass is 35.5. The summed E-state index contributed by atoms with van der Waals surface area (Å²) in [6.07, 6.45) is 3.02. The van der Waals surface area contributed by atoms with E-state index in [-0.39, 0.29) is 5.91 Å². The second kappa shape index (κ2) is 10.5. The van der Waals surface area contributed by atoms with Gasteiger partial charge in [-0.25, -0.2) is 0 Å². The number of carbonyl (C=O) groups is 1. The third-order valence-electron chi connectivity index (χ3n) is 7.04. The van der Waals surface area contributed by atoms with Crippen LogP contribution in [-0.2, 0) is 10.2 Å². The Labute approximate surface area is 203 Å². The first-order valence-corrected chi connectivity index (χ1v) is 12.2. The highest BCUT2D eigenvalue weighted by Gasteiger charge is 2.43. The zero-order chi connectivity index (χ0) is 23.3. The number of carbonyl (C=O) groups excluding carboxylic acids is 1. The molecule has 0 N–H and O–H groups in total. The second-order valence-electron chi connectivity index (χ2n) is 9.25. The van der Waals surface area contributed by atoms with Crippen LogP contribution in [0.1, 0.15) is 41.9 Å². The lowest BCUT2D eigenvalue weighted by molar-refractivity contribution is -0.133. The molecular weight excluding hydrogens is 428 g/mol. The van der Waals surface area contributed by atoms with Gasteiger partial charge in [0.15, 0.2) is 0 Å². The minimum atomic E-state index is -0.695. The van der Waals surface area contributed by atoms with Crippen LogP contribution in [0, 0.1) is 0 Å². The van der Waals surface area contributed by atoms with Crippen LogP contribution in [0.5, 0.6) is 0 Å². The number of rotatable bonds is 7. The predicted octanol–water partition coefficient (Wildman–Crippen LogP) is 5.98. The van der Waals surface area contributed by atoms with Crippen LogP contribution in [0.4, 0.5) is 0 Å². The molecule has 3 aromatic rings. The molecule has 0 aromatic heterocycles. The van der Waals surface area contributed by atoms with Crippen molar-refractivity contribution in [2.45, 2.75) is 30.6 Å². The fourth-order valence-electron chi connectivity index (χ4n) is 5.19. The molecule has 1 heterocycles. The summed E-state index contributed by atoms with van der Waals surface area (Å²) in [6.45, 7) is 2.98. The lowest BCUT2D eigenvalue weighted by Gasteiger charge is -2.39. The van der Waals surface area contributed by atoms with Crippen molar-refractivity contribution in [3.05, 3.63) is 107 Å². The van der Waals surface area contributed by atoms with E-state index >= 15 is 0 Å². The fraction of sp³-hybridized carbons (Fsp3) is 0.345. The maximum absolute atomic E-state index is 13.8. The first-order valence-electron chi connectivity index (χ1n) is 11.8. The molecule has 0 radical (unpaired) electrons. The molecule has 0 bridgehead atoms. The summed E-state index contributed by atoms with van der Waals surface area (Å²) in [5, 5.41) is 0.792. The molecule has 0 saturated carbocycles. The lowest BCUT2D eigenvalue weighted by atomic mass is 9.70. The molecular formula is C29H33ClN2O. The standard InChI is InChI=1S/C29H33ClN2O/c1-31(2)28(33)29(25-9-5-3-6-10-25,26-11-7-4-8-12-26)19-22-32-20-17-24(18-21-32)23-13-15-27(30)16-14-23/h3-16,24H,17-22H2,1-2H3. The van der Waals surface area contributed by atoms with Crippen LogP contribution in [0.2, 0.25) is 5.02 Å². The van der Waals surface area contributed by atoms with Crippen molar-refractivity contribution >= 4 is 17.5 Å². The topological polar surface area (TPSA) is 23.6 Å². The Bertz CT molecular complexity index is 987. The monoisotopic (exact) mass is 460 g/mol. The molecule has 1 aliphatic rings. The highest BCUT2D eigenvalue weighted by Crippen LogP contribution is 2.38. The molecule has 0 unspecified atom stereocenters. The Hall–Kier alpha value is -2.62. The minimum absolute atomic E-state index is 0.135. The van der Waals surface area contributed by atoms with Crippen molar-refractivity contribution in [1.29, 1.82) is 0 Å². The Kier molecular flexibility index (Phi) is 7.52. The summed E-state index contributed by atoms with van der Waals surface area (Å²) in [7, 11) is 3.72. The molecule has 4 heteroatoms. The summed E-state index contributed by atoms with van der Waals surface area (Å²) in [6, 6.07) is 28.9. The third-order valence-corrected chi connectivity index (χ3v) is 7.29. The van der Waals surface area contributed by atoms with E-state index in [1.54, 1.807) is 4.90 Å². The van der Waals surface area contributed by atoms with Gasteiger partial charge in [0, 0.05) is 19.1 Å². The molecule has 0 spiro atoms. The molecule has 3 aromatic carbocycles. The SMILES string of the molecule is CN(C)C(=O)C(CCN1CCC(c2ccc(Cl)cc2)CC1)(c1ccccc1)c1ccccc1. The number of likely N-dealkylation sites (N-methyl/N-ethyl adjacent to an activating group) is 1. The van der Waals surface area contributed by atoms with Gasteiger partial charge in [-0.2, -0.15) is 0 Å². The number of hydrogen-bond donors (Lipinski definition) is 0. The lowest BCUT2D eigenvalue weighted by Crippen LogP contribution is -2.47. The smallest absolute Gasteiger partial charge is 0.237 e. The van der Waals surface area contributed by atoms with E-state index in [1.807, 2.05) is 62.6 Å². The summed E-state index contributed by atoms with van der Waals surface area (Å²) >= 11 is 6.07. The van der Waals surface area contributed by atoms with Crippen molar-refractivity contribution in [1.82, 2.24) is 9.80 Å². The molecule has 0 aliphatic carbocycles. The van der Waals surface area contributed by atoms with E-state index in [0.717, 1.165) is 55.0 Å². The van der Waals surface area contributed by atoms with Crippen LogP contribution >= 0.6 is 11.6 Å². The average Bonchev–Trinajstić information content (AvgIpc) is 2.86. The van der Waals surface area contributed by atoms with Gasteiger partial charge < -0.3 is 9.80 Å². The van der Waals surface area contributed by atoms with Gasteiger partial charge in [0.1, 0.15) is 5.41 Å². The molecule has 172 valence electrons. The Morgan fingerprint density at radius 3 is 1.88 bits per heavy atom. The van der Waals surface area contributed by atoms with Crippen LogP contribution in [0.25, 0.3) is 0 Å².